The number of ether oxygens (including phenoxy) is 1. The lowest BCUT2D eigenvalue weighted by atomic mass is 9.82. The molecule has 8 heteroatoms. The fraction of sp³-hybridized carbons (Fsp3) is 0.929. The summed E-state index contributed by atoms with van der Waals surface area (Å²) in [6.07, 6.45) is -0.0158. The molecule has 1 amide bonds. The number of hydrogen-bond acceptors (Lipinski definition) is 5. The first kappa shape index (κ1) is 17.5. The molecule has 0 spiro atoms. The minimum atomic E-state index is -3.73. The van der Waals surface area contributed by atoms with Gasteiger partial charge in [-0.15, -0.1) is 0 Å². The standard InChI is InChI=1S/C14H24FNO5S/c1-14(2,3)20-13(17)16-9-6-5-7-10(16)12(15)11(8-9)21-22(4,18)19/h9-12H,5-8H2,1-4H3/t9-,10+,11-,12-/m0/s1. The van der Waals surface area contributed by atoms with E-state index in [1.807, 2.05) is 0 Å². The molecule has 0 aromatic rings. The molecule has 2 fully saturated rings. The fourth-order valence-corrected chi connectivity index (χ4v) is 3.85. The SMILES string of the molecule is CC(C)(C)OC(=O)N1[C@H]2CCC[C@@H]1[C@H](F)[C@@H](OS(C)(=O)=O)C2. The van der Waals surface area contributed by atoms with E-state index in [1.54, 1.807) is 20.8 Å². The highest BCUT2D eigenvalue weighted by Gasteiger charge is 2.50. The molecule has 4 atom stereocenters. The third kappa shape index (κ3) is 4.10. The van der Waals surface area contributed by atoms with Gasteiger partial charge in [0.25, 0.3) is 10.1 Å². The molecule has 0 aliphatic carbocycles. The summed E-state index contributed by atoms with van der Waals surface area (Å²) in [5, 5.41) is 0. The van der Waals surface area contributed by atoms with Crippen molar-refractivity contribution in [1.82, 2.24) is 4.90 Å². The summed E-state index contributed by atoms with van der Waals surface area (Å²) in [4.78, 5) is 13.8. The third-order valence-corrected chi connectivity index (χ3v) is 4.51. The minimum Gasteiger partial charge on any atom is -0.444 e. The van der Waals surface area contributed by atoms with Crippen LogP contribution in [0.25, 0.3) is 0 Å². The van der Waals surface area contributed by atoms with Crippen LogP contribution in [0.4, 0.5) is 9.18 Å². The van der Waals surface area contributed by atoms with Crippen molar-refractivity contribution in [2.24, 2.45) is 0 Å². The average molecular weight is 337 g/mol. The van der Waals surface area contributed by atoms with Gasteiger partial charge in [-0.1, -0.05) is 0 Å². The molecule has 2 bridgehead atoms. The maximum absolute atomic E-state index is 14.7. The van der Waals surface area contributed by atoms with Gasteiger partial charge in [-0.05, 0) is 46.5 Å². The zero-order chi connectivity index (χ0) is 16.7. The van der Waals surface area contributed by atoms with Crippen LogP contribution in [0.3, 0.4) is 0 Å². The second-order valence-electron chi connectivity index (χ2n) is 7.06. The largest absolute Gasteiger partial charge is 0.444 e. The van der Waals surface area contributed by atoms with Gasteiger partial charge in [-0.2, -0.15) is 8.42 Å². The van der Waals surface area contributed by atoms with Gasteiger partial charge in [0.05, 0.1) is 12.3 Å². The van der Waals surface area contributed by atoms with Gasteiger partial charge >= 0.3 is 6.09 Å². The van der Waals surface area contributed by atoms with E-state index < -0.39 is 40.1 Å². The zero-order valence-electron chi connectivity index (χ0n) is 13.4. The van der Waals surface area contributed by atoms with E-state index in [1.165, 1.54) is 4.90 Å². The zero-order valence-corrected chi connectivity index (χ0v) is 14.2. The van der Waals surface area contributed by atoms with Crippen LogP contribution < -0.4 is 0 Å². The van der Waals surface area contributed by atoms with Crippen LogP contribution in [0.15, 0.2) is 0 Å². The summed E-state index contributed by atoms with van der Waals surface area (Å²) in [7, 11) is -3.73. The molecule has 2 aliphatic rings. The molecule has 0 unspecified atom stereocenters. The number of rotatable bonds is 2. The van der Waals surface area contributed by atoms with Crippen molar-refractivity contribution in [1.29, 1.82) is 0 Å². The van der Waals surface area contributed by atoms with Crippen LogP contribution in [-0.4, -0.2) is 55.6 Å². The first-order chi connectivity index (χ1) is 9.98. The van der Waals surface area contributed by atoms with Gasteiger partial charge in [-0.25, -0.2) is 9.18 Å². The van der Waals surface area contributed by atoms with Crippen LogP contribution in [-0.2, 0) is 19.0 Å². The van der Waals surface area contributed by atoms with Gasteiger partial charge < -0.3 is 4.74 Å². The van der Waals surface area contributed by atoms with Crippen molar-refractivity contribution in [3.8, 4) is 0 Å². The number of amides is 1. The van der Waals surface area contributed by atoms with Gasteiger partial charge in [0.15, 0.2) is 0 Å². The van der Waals surface area contributed by atoms with E-state index in [4.69, 9.17) is 8.92 Å². The van der Waals surface area contributed by atoms with Crippen molar-refractivity contribution in [3.63, 3.8) is 0 Å². The predicted molar refractivity (Wildman–Crippen MR) is 78.7 cm³/mol. The Kier molecular flexibility index (Phi) is 4.73. The Morgan fingerprint density at radius 2 is 1.91 bits per heavy atom. The quantitative estimate of drug-likeness (QED) is 0.723. The first-order valence-corrected chi connectivity index (χ1v) is 9.33. The third-order valence-electron chi connectivity index (χ3n) is 3.92. The van der Waals surface area contributed by atoms with Crippen LogP contribution in [0, 0.1) is 0 Å². The number of carbonyl (C=O) groups excluding carboxylic acids is 1. The van der Waals surface area contributed by atoms with Crippen molar-refractivity contribution in [2.45, 2.75) is 76.4 Å². The van der Waals surface area contributed by atoms with E-state index in [-0.39, 0.29) is 12.5 Å². The number of carbonyl (C=O) groups is 1. The Hall–Kier alpha value is -0.890. The summed E-state index contributed by atoms with van der Waals surface area (Å²) >= 11 is 0. The summed E-state index contributed by atoms with van der Waals surface area (Å²) in [5.41, 5.74) is -0.655. The molecule has 0 aromatic heterocycles. The predicted octanol–water partition coefficient (Wildman–Crippen LogP) is 2.23. The molecule has 2 saturated heterocycles. The molecule has 0 radical (unpaired) electrons. The topological polar surface area (TPSA) is 72.9 Å². The molecule has 22 heavy (non-hydrogen) atoms. The van der Waals surface area contributed by atoms with Gasteiger partial charge in [0.2, 0.25) is 0 Å². The molecule has 2 aliphatic heterocycles. The number of nitrogens with zero attached hydrogens (tertiary/aromatic N) is 1. The van der Waals surface area contributed by atoms with Crippen molar-refractivity contribution in [2.75, 3.05) is 6.26 Å². The highest BCUT2D eigenvalue weighted by Crippen LogP contribution is 2.38. The molecule has 0 saturated carbocycles. The van der Waals surface area contributed by atoms with Crippen molar-refractivity contribution in [3.05, 3.63) is 0 Å². The molecule has 0 N–H and O–H groups in total. The lowest BCUT2D eigenvalue weighted by Gasteiger charge is -2.49. The number of fused-ring (bicyclic) bond motifs is 2. The Labute approximate surface area is 131 Å². The number of halogens is 1. The average Bonchev–Trinajstić information content (AvgIpc) is 2.31. The van der Waals surface area contributed by atoms with Gasteiger partial charge in [-0.3, -0.25) is 9.08 Å². The number of alkyl halides is 1. The maximum atomic E-state index is 14.7. The maximum Gasteiger partial charge on any atom is 0.410 e. The van der Waals surface area contributed by atoms with E-state index in [2.05, 4.69) is 0 Å². The van der Waals surface area contributed by atoms with E-state index in [0.29, 0.717) is 12.8 Å². The molecule has 0 aromatic carbocycles. The lowest BCUT2D eigenvalue weighted by molar-refractivity contribution is -0.0775. The summed E-state index contributed by atoms with van der Waals surface area (Å²) < 4.78 is 47.4. The van der Waals surface area contributed by atoms with Gasteiger partial charge in [0.1, 0.15) is 17.9 Å². The van der Waals surface area contributed by atoms with Crippen molar-refractivity contribution >= 4 is 16.2 Å². The second kappa shape index (κ2) is 5.96. The fourth-order valence-electron chi connectivity index (χ4n) is 3.22. The van der Waals surface area contributed by atoms with Crippen molar-refractivity contribution < 1.29 is 26.5 Å². The highest BCUT2D eigenvalue weighted by molar-refractivity contribution is 7.86. The highest BCUT2D eigenvalue weighted by atomic mass is 32.2. The summed E-state index contributed by atoms with van der Waals surface area (Å²) in [5.74, 6) is 0. The number of piperidine rings is 2. The van der Waals surface area contributed by atoms with E-state index >= 15 is 0 Å². The van der Waals surface area contributed by atoms with Crippen LogP contribution in [0.1, 0.15) is 46.5 Å². The van der Waals surface area contributed by atoms with E-state index in [0.717, 1.165) is 12.7 Å². The Bertz CT molecular complexity index is 530. The number of hydrogen-bond donors (Lipinski definition) is 0. The molecular weight excluding hydrogens is 313 g/mol. The molecular formula is C14H24FNO5S. The van der Waals surface area contributed by atoms with E-state index in [9.17, 15) is 17.6 Å². The molecule has 6 nitrogen and oxygen atoms in total. The smallest absolute Gasteiger partial charge is 0.410 e. The van der Waals surface area contributed by atoms with Crippen LogP contribution >= 0.6 is 0 Å². The summed E-state index contributed by atoms with van der Waals surface area (Å²) in [6, 6.07) is -0.929. The molecule has 2 rings (SSSR count). The minimum absolute atomic E-state index is 0.171. The Morgan fingerprint density at radius 1 is 1.27 bits per heavy atom. The monoisotopic (exact) mass is 337 g/mol. The molecule has 128 valence electrons. The molecule has 2 heterocycles. The summed E-state index contributed by atoms with van der Waals surface area (Å²) in [6.45, 7) is 5.27. The second-order valence-corrected chi connectivity index (χ2v) is 8.66. The normalized spacial score (nSPS) is 32.7. The van der Waals surface area contributed by atoms with Crippen LogP contribution in [0.5, 0.6) is 0 Å². The van der Waals surface area contributed by atoms with Crippen LogP contribution in [0.2, 0.25) is 0 Å². The lowest BCUT2D eigenvalue weighted by Crippen LogP contribution is -2.62. The first-order valence-electron chi connectivity index (χ1n) is 7.51. The Morgan fingerprint density at radius 3 is 2.45 bits per heavy atom. The van der Waals surface area contributed by atoms with Gasteiger partial charge in [0, 0.05) is 6.04 Å². The Balaban J connectivity index is 2.17.